The van der Waals surface area contributed by atoms with Crippen LogP contribution in [0.25, 0.3) is 0 Å². The Balaban J connectivity index is 4.05. The Bertz CT molecular complexity index is 152. The van der Waals surface area contributed by atoms with E-state index in [0.29, 0.717) is 0 Å². The summed E-state index contributed by atoms with van der Waals surface area (Å²) in [4.78, 5) is 3.03. The van der Waals surface area contributed by atoms with E-state index in [0.717, 1.165) is 9.39 Å². The van der Waals surface area contributed by atoms with Crippen LogP contribution < -0.4 is 0 Å². The van der Waals surface area contributed by atoms with Gasteiger partial charge in [-0.25, -0.2) is 0 Å². The molecular weight excluding hydrogens is 210 g/mol. The van der Waals surface area contributed by atoms with Crippen LogP contribution in [0.3, 0.4) is 0 Å². The van der Waals surface area contributed by atoms with Gasteiger partial charge in [-0.05, 0) is 22.2 Å². The van der Waals surface area contributed by atoms with Gasteiger partial charge in [-0.1, -0.05) is 6.58 Å². The van der Waals surface area contributed by atoms with Crippen LogP contribution in [0, 0.1) is 0 Å². The van der Waals surface area contributed by atoms with Gasteiger partial charge in [-0.3, -0.25) is 0 Å². The van der Waals surface area contributed by atoms with Crippen molar-refractivity contribution in [3.8, 4) is 0 Å². The van der Waals surface area contributed by atoms with Crippen molar-refractivity contribution in [1.29, 1.82) is 0 Å². The fourth-order valence-corrected chi connectivity index (χ4v) is 1.54. The van der Waals surface area contributed by atoms with Crippen molar-refractivity contribution in [2.75, 3.05) is 20.4 Å². The Kier molecular flexibility index (Phi) is 4.91. The molecule has 1 nitrogen and oxygen atoms in total. The molecule has 0 heterocycles. The van der Waals surface area contributed by atoms with Crippen molar-refractivity contribution in [3.63, 3.8) is 0 Å². The first kappa shape index (κ1) is 10.1. The molecule has 3 heteroatoms. The van der Waals surface area contributed by atoms with Gasteiger partial charge in [0.1, 0.15) is 0 Å². The zero-order chi connectivity index (χ0) is 8.15. The number of nitrogens with zero attached hydrogens (tertiary/aromatic N) is 1. The average Bonchev–Trinajstić information content (AvgIpc) is 1.85. The van der Waals surface area contributed by atoms with Crippen LogP contribution in [-0.4, -0.2) is 25.3 Å². The zero-order valence-electron chi connectivity index (χ0n) is 6.52. The van der Waals surface area contributed by atoms with Crippen LogP contribution in [0.4, 0.5) is 0 Å². The first-order valence-corrected chi connectivity index (χ1v) is 4.86. The van der Waals surface area contributed by atoms with Gasteiger partial charge in [0.25, 0.3) is 0 Å². The topological polar surface area (TPSA) is 3.24 Å². The molecule has 0 saturated heterocycles. The summed E-state index contributed by atoms with van der Waals surface area (Å²) >= 11 is 5.04. The monoisotopic (exact) mass is 221 g/mol. The summed E-state index contributed by atoms with van der Waals surface area (Å²) in [6.07, 6.45) is 3.99. The molecule has 0 aromatic heterocycles. The van der Waals surface area contributed by atoms with E-state index in [2.05, 4.69) is 22.5 Å². The fraction of sp³-hybridized carbons (Fsp3) is 0.429. The van der Waals surface area contributed by atoms with Gasteiger partial charge in [0.05, 0.1) is 0 Å². The van der Waals surface area contributed by atoms with Gasteiger partial charge >= 0.3 is 0 Å². The minimum atomic E-state index is 1.05. The molecule has 0 saturated carbocycles. The first-order chi connectivity index (χ1) is 4.57. The molecule has 0 atom stereocenters. The Morgan fingerprint density at radius 1 is 1.60 bits per heavy atom. The highest BCUT2D eigenvalue weighted by molar-refractivity contribution is 9.12. The number of rotatable bonds is 3. The highest BCUT2D eigenvalue weighted by Gasteiger charge is 1.95. The van der Waals surface area contributed by atoms with Crippen LogP contribution in [0.15, 0.2) is 22.2 Å². The lowest BCUT2D eigenvalue weighted by atomic mass is 10.6. The molecule has 0 rings (SSSR count). The second kappa shape index (κ2) is 4.85. The number of allylic oxidation sites excluding steroid dienone is 1. The Morgan fingerprint density at radius 2 is 2.10 bits per heavy atom. The van der Waals surface area contributed by atoms with E-state index in [1.807, 2.05) is 31.5 Å². The van der Waals surface area contributed by atoms with Gasteiger partial charge in [-0.2, -0.15) is 0 Å². The lowest BCUT2D eigenvalue weighted by Crippen LogP contribution is -2.01. The van der Waals surface area contributed by atoms with E-state index < -0.39 is 0 Å². The summed E-state index contributed by atoms with van der Waals surface area (Å²) in [5.74, 6) is 0. The summed E-state index contributed by atoms with van der Waals surface area (Å²) in [6.45, 7) is 3.85. The van der Waals surface area contributed by atoms with Crippen LogP contribution >= 0.6 is 27.7 Å². The maximum Gasteiger partial charge on any atom is 0.0463 e. The van der Waals surface area contributed by atoms with E-state index in [4.69, 9.17) is 0 Å². The number of hydrogen-bond donors (Lipinski definition) is 0. The molecule has 0 aromatic rings. The average molecular weight is 222 g/mol. The molecule has 0 spiro atoms. The second-order valence-electron chi connectivity index (χ2n) is 2.07. The Labute approximate surface area is 75.3 Å². The van der Waals surface area contributed by atoms with Crippen LogP contribution in [-0.2, 0) is 0 Å². The van der Waals surface area contributed by atoms with Gasteiger partial charge in [0, 0.05) is 29.7 Å². The summed E-state index contributed by atoms with van der Waals surface area (Å²) in [5, 5.41) is 0. The lowest BCUT2D eigenvalue weighted by Gasteiger charge is -2.06. The van der Waals surface area contributed by atoms with Crippen molar-refractivity contribution in [3.05, 3.63) is 22.2 Å². The third kappa shape index (κ3) is 4.01. The maximum absolute atomic E-state index is 3.85. The molecule has 0 aromatic carbocycles. The predicted octanol–water partition coefficient (Wildman–Crippen LogP) is 2.66. The molecule has 58 valence electrons. The lowest BCUT2D eigenvalue weighted by molar-refractivity contribution is 0.563. The molecule has 0 aliphatic carbocycles. The van der Waals surface area contributed by atoms with Crippen molar-refractivity contribution in [2.24, 2.45) is 0 Å². The summed E-state index contributed by atoms with van der Waals surface area (Å²) < 4.78 is 1.05. The van der Waals surface area contributed by atoms with Gasteiger partial charge < -0.3 is 4.90 Å². The van der Waals surface area contributed by atoms with Gasteiger partial charge in [-0.15, -0.1) is 11.8 Å². The molecule has 0 radical (unpaired) electrons. The molecule has 0 bridgehead atoms. The van der Waals surface area contributed by atoms with Crippen molar-refractivity contribution in [2.45, 2.75) is 0 Å². The molecule has 0 amide bonds. The number of hydrogen-bond acceptors (Lipinski definition) is 2. The second-order valence-corrected chi connectivity index (χ2v) is 3.82. The smallest absolute Gasteiger partial charge is 0.0463 e. The highest BCUT2D eigenvalue weighted by atomic mass is 79.9. The van der Waals surface area contributed by atoms with Crippen LogP contribution in [0.1, 0.15) is 0 Å². The zero-order valence-corrected chi connectivity index (χ0v) is 8.92. The highest BCUT2D eigenvalue weighted by Crippen LogP contribution is 2.23. The van der Waals surface area contributed by atoms with Gasteiger partial charge in [0.2, 0.25) is 0 Å². The molecule has 0 unspecified atom stereocenters. The first-order valence-electron chi connectivity index (χ1n) is 2.85. The van der Waals surface area contributed by atoms with E-state index in [9.17, 15) is 0 Å². The van der Waals surface area contributed by atoms with E-state index >= 15 is 0 Å². The molecular formula is C7H12BrNS. The van der Waals surface area contributed by atoms with Crippen molar-refractivity contribution < 1.29 is 0 Å². The quantitative estimate of drug-likeness (QED) is 0.675. The van der Waals surface area contributed by atoms with E-state index in [1.54, 1.807) is 11.8 Å². The molecule has 0 N–H and O–H groups in total. The number of halogens is 1. The summed E-state index contributed by atoms with van der Waals surface area (Å²) in [5.41, 5.74) is 0. The molecule has 0 fully saturated rings. The fourth-order valence-electron chi connectivity index (χ4n) is 0.396. The van der Waals surface area contributed by atoms with E-state index in [1.165, 1.54) is 0 Å². The minimum absolute atomic E-state index is 1.05. The third-order valence-electron chi connectivity index (χ3n) is 0.884. The van der Waals surface area contributed by atoms with Crippen LogP contribution in [0.2, 0.25) is 0 Å². The summed E-state index contributed by atoms with van der Waals surface area (Å²) in [7, 11) is 3.96. The summed E-state index contributed by atoms with van der Waals surface area (Å²) in [6, 6.07) is 0. The van der Waals surface area contributed by atoms with Crippen LogP contribution in [0.5, 0.6) is 0 Å². The molecule has 0 aliphatic heterocycles. The minimum Gasteiger partial charge on any atom is -0.383 e. The molecule has 0 aliphatic rings. The standard InChI is InChI=1S/C7H12BrNS/c1-6(10-4)7(8)5-9(2)3/h5H,1H2,2-4H3/b7-5+. The van der Waals surface area contributed by atoms with E-state index in [-0.39, 0.29) is 0 Å². The van der Waals surface area contributed by atoms with Crippen molar-refractivity contribution in [1.82, 2.24) is 4.90 Å². The Morgan fingerprint density at radius 3 is 2.40 bits per heavy atom. The predicted molar refractivity (Wildman–Crippen MR) is 53.4 cm³/mol. The Hall–Kier alpha value is 0.110. The van der Waals surface area contributed by atoms with Gasteiger partial charge in [0.15, 0.2) is 0 Å². The SMILES string of the molecule is C=C(SC)/C(Br)=C\N(C)C. The largest absolute Gasteiger partial charge is 0.383 e. The number of thioether (sulfide) groups is 1. The maximum atomic E-state index is 3.85. The van der Waals surface area contributed by atoms with Crippen molar-refractivity contribution >= 4 is 27.7 Å². The normalized spacial score (nSPS) is 11.4. The molecule has 10 heavy (non-hydrogen) atoms. The third-order valence-corrected chi connectivity index (χ3v) is 2.54.